The predicted octanol–water partition coefficient (Wildman–Crippen LogP) is 4.93. The fraction of sp³-hybridized carbons (Fsp3) is 0.350. The van der Waals surface area contributed by atoms with Crippen molar-refractivity contribution in [2.45, 2.75) is 40.5 Å². The summed E-state index contributed by atoms with van der Waals surface area (Å²) >= 11 is 0. The van der Waals surface area contributed by atoms with Gasteiger partial charge in [0.2, 0.25) is 0 Å². The Morgan fingerprint density at radius 1 is 1.00 bits per heavy atom. The van der Waals surface area contributed by atoms with Gasteiger partial charge in [-0.05, 0) is 42.9 Å². The Hall–Kier alpha value is -1.89. The van der Waals surface area contributed by atoms with Crippen LogP contribution in [0.1, 0.15) is 46.5 Å². The Bertz CT molecular complexity index is 621. The van der Waals surface area contributed by atoms with Gasteiger partial charge in [-0.3, -0.25) is 4.79 Å². The molecule has 1 nitrogen and oxygen atoms in total. The third-order valence-electron chi connectivity index (χ3n) is 3.78. The molecule has 0 spiro atoms. The van der Waals surface area contributed by atoms with Crippen LogP contribution in [0.15, 0.2) is 42.5 Å². The lowest BCUT2D eigenvalue weighted by Gasteiger charge is -2.08. The van der Waals surface area contributed by atoms with E-state index in [1.807, 2.05) is 12.1 Å². The zero-order valence-corrected chi connectivity index (χ0v) is 13.4. The molecule has 0 unspecified atom stereocenters. The first-order chi connectivity index (χ1) is 9.95. The first kappa shape index (κ1) is 15.5. The summed E-state index contributed by atoms with van der Waals surface area (Å²) in [6.07, 6.45) is 1.54. The number of rotatable bonds is 5. The standard InChI is InChI=1S/C20H24O/c1-14(2)11-17-7-9-18(10-8-17)20(21)13-19-12-15(3)5-6-16(19)4/h5-10,12,14H,11,13H2,1-4H3. The Balaban J connectivity index is 2.11. The van der Waals surface area contributed by atoms with E-state index in [4.69, 9.17) is 0 Å². The first-order valence-electron chi connectivity index (χ1n) is 7.64. The molecule has 0 aliphatic rings. The highest BCUT2D eigenvalue weighted by molar-refractivity contribution is 5.97. The van der Waals surface area contributed by atoms with E-state index in [1.165, 1.54) is 16.7 Å². The minimum absolute atomic E-state index is 0.194. The molecule has 0 saturated heterocycles. The van der Waals surface area contributed by atoms with E-state index in [0.29, 0.717) is 12.3 Å². The van der Waals surface area contributed by atoms with Gasteiger partial charge in [-0.15, -0.1) is 0 Å². The lowest BCUT2D eigenvalue weighted by atomic mass is 9.96. The van der Waals surface area contributed by atoms with Crippen LogP contribution < -0.4 is 0 Å². The molecular formula is C20H24O. The summed E-state index contributed by atoms with van der Waals surface area (Å²) in [6, 6.07) is 14.4. The number of carbonyl (C=O) groups excluding carboxylic acids is 1. The Labute approximate surface area is 128 Å². The van der Waals surface area contributed by atoms with Crippen LogP contribution in [0.4, 0.5) is 0 Å². The molecule has 0 bridgehead atoms. The van der Waals surface area contributed by atoms with Crippen molar-refractivity contribution < 1.29 is 4.79 Å². The van der Waals surface area contributed by atoms with E-state index in [0.717, 1.165) is 17.5 Å². The highest BCUT2D eigenvalue weighted by Gasteiger charge is 2.09. The third kappa shape index (κ3) is 4.29. The van der Waals surface area contributed by atoms with Gasteiger partial charge < -0.3 is 0 Å². The minimum atomic E-state index is 0.194. The number of Topliss-reactive ketones (excluding diaryl/α,β-unsaturated/α-hetero) is 1. The summed E-state index contributed by atoms with van der Waals surface area (Å²) < 4.78 is 0. The Morgan fingerprint density at radius 2 is 1.67 bits per heavy atom. The number of hydrogen-bond acceptors (Lipinski definition) is 1. The van der Waals surface area contributed by atoms with Crippen LogP contribution in [-0.4, -0.2) is 5.78 Å². The predicted molar refractivity (Wildman–Crippen MR) is 88.9 cm³/mol. The lowest BCUT2D eigenvalue weighted by Crippen LogP contribution is -2.05. The number of aryl methyl sites for hydroxylation is 2. The Kier molecular flexibility index (Phi) is 4.95. The molecule has 0 N–H and O–H groups in total. The maximum Gasteiger partial charge on any atom is 0.167 e. The molecule has 0 atom stereocenters. The Morgan fingerprint density at radius 3 is 2.29 bits per heavy atom. The van der Waals surface area contributed by atoms with Crippen LogP contribution in [-0.2, 0) is 12.8 Å². The van der Waals surface area contributed by atoms with Gasteiger partial charge in [0.1, 0.15) is 0 Å². The van der Waals surface area contributed by atoms with E-state index in [2.05, 4.69) is 58.0 Å². The van der Waals surface area contributed by atoms with E-state index in [1.54, 1.807) is 0 Å². The van der Waals surface area contributed by atoms with Crippen molar-refractivity contribution in [3.05, 3.63) is 70.3 Å². The molecule has 1 heteroatoms. The second-order valence-corrected chi connectivity index (χ2v) is 6.32. The summed E-state index contributed by atoms with van der Waals surface area (Å²) in [7, 11) is 0. The highest BCUT2D eigenvalue weighted by Crippen LogP contribution is 2.15. The first-order valence-corrected chi connectivity index (χ1v) is 7.64. The fourth-order valence-corrected chi connectivity index (χ4v) is 2.56. The van der Waals surface area contributed by atoms with Crippen molar-refractivity contribution in [1.29, 1.82) is 0 Å². The molecule has 110 valence electrons. The molecule has 2 aromatic rings. The average Bonchev–Trinajstić information content (AvgIpc) is 2.43. The minimum Gasteiger partial charge on any atom is -0.294 e. The van der Waals surface area contributed by atoms with Crippen LogP contribution in [0.25, 0.3) is 0 Å². The molecule has 0 heterocycles. The molecule has 21 heavy (non-hydrogen) atoms. The zero-order chi connectivity index (χ0) is 15.4. The van der Waals surface area contributed by atoms with Gasteiger partial charge >= 0.3 is 0 Å². The van der Waals surface area contributed by atoms with Crippen molar-refractivity contribution in [2.75, 3.05) is 0 Å². The number of benzene rings is 2. The zero-order valence-electron chi connectivity index (χ0n) is 13.4. The summed E-state index contributed by atoms with van der Waals surface area (Å²) in [5.74, 6) is 0.835. The largest absolute Gasteiger partial charge is 0.294 e. The van der Waals surface area contributed by atoms with Crippen molar-refractivity contribution in [2.24, 2.45) is 5.92 Å². The van der Waals surface area contributed by atoms with Crippen LogP contribution in [0.2, 0.25) is 0 Å². The molecule has 0 amide bonds. The lowest BCUT2D eigenvalue weighted by molar-refractivity contribution is 0.0993. The van der Waals surface area contributed by atoms with E-state index in [9.17, 15) is 4.79 Å². The molecular weight excluding hydrogens is 256 g/mol. The number of ketones is 1. The average molecular weight is 280 g/mol. The summed E-state index contributed by atoms with van der Waals surface area (Å²) in [5, 5.41) is 0. The van der Waals surface area contributed by atoms with Crippen LogP contribution >= 0.6 is 0 Å². The monoisotopic (exact) mass is 280 g/mol. The maximum absolute atomic E-state index is 12.4. The smallest absolute Gasteiger partial charge is 0.167 e. The van der Waals surface area contributed by atoms with E-state index in [-0.39, 0.29) is 5.78 Å². The van der Waals surface area contributed by atoms with Gasteiger partial charge in [-0.2, -0.15) is 0 Å². The topological polar surface area (TPSA) is 17.1 Å². The van der Waals surface area contributed by atoms with Crippen molar-refractivity contribution in [1.82, 2.24) is 0 Å². The molecule has 0 aliphatic heterocycles. The van der Waals surface area contributed by atoms with Gasteiger partial charge in [0.05, 0.1) is 0 Å². The summed E-state index contributed by atoms with van der Waals surface area (Å²) in [5.41, 5.74) is 5.63. The highest BCUT2D eigenvalue weighted by atomic mass is 16.1. The third-order valence-corrected chi connectivity index (χ3v) is 3.78. The quantitative estimate of drug-likeness (QED) is 0.710. The molecule has 0 aromatic heterocycles. The summed E-state index contributed by atoms with van der Waals surface area (Å²) in [6.45, 7) is 8.54. The number of hydrogen-bond donors (Lipinski definition) is 0. The molecule has 0 fully saturated rings. The van der Waals surface area contributed by atoms with Gasteiger partial charge in [0.15, 0.2) is 5.78 Å². The van der Waals surface area contributed by atoms with Gasteiger partial charge in [-0.25, -0.2) is 0 Å². The molecule has 0 radical (unpaired) electrons. The molecule has 0 aliphatic carbocycles. The fourth-order valence-electron chi connectivity index (χ4n) is 2.56. The van der Waals surface area contributed by atoms with Crippen LogP contribution in [0.3, 0.4) is 0 Å². The SMILES string of the molecule is Cc1ccc(C)c(CC(=O)c2ccc(CC(C)C)cc2)c1. The normalized spacial score (nSPS) is 10.9. The second-order valence-electron chi connectivity index (χ2n) is 6.32. The number of carbonyl (C=O) groups is 1. The van der Waals surface area contributed by atoms with E-state index < -0.39 is 0 Å². The second kappa shape index (κ2) is 6.71. The molecule has 2 aromatic carbocycles. The molecule has 2 rings (SSSR count). The van der Waals surface area contributed by atoms with Gasteiger partial charge in [0.25, 0.3) is 0 Å². The van der Waals surface area contributed by atoms with Gasteiger partial charge in [-0.1, -0.05) is 61.9 Å². The maximum atomic E-state index is 12.4. The van der Waals surface area contributed by atoms with Crippen molar-refractivity contribution in [3.63, 3.8) is 0 Å². The van der Waals surface area contributed by atoms with E-state index >= 15 is 0 Å². The summed E-state index contributed by atoms with van der Waals surface area (Å²) in [4.78, 5) is 12.4. The van der Waals surface area contributed by atoms with Crippen molar-refractivity contribution >= 4 is 5.78 Å². The van der Waals surface area contributed by atoms with Crippen molar-refractivity contribution in [3.8, 4) is 0 Å². The van der Waals surface area contributed by atoms with Crippen LogP contribution in [0.5, 0.6) is 0 Å². The van der Waals surface area contributed by atoms with Crippen LogP contribution in [0, 0.1) is 19.8 Å². The molecule has 0 saturated carbocycles. The van der Waals surface area contributed by atoms with Gasteiger partial charge in [0, 0.05) is 12.0 Å².